The average molecular weight is 255 g/mol. The number of hydrogen-bond acceptors (Lipinski definition) is 4. The van der Waals surface area contributed by atoms with Crippen LogP contribution < -0.4 is 4.90 Å². The smallest absolute Gasteiger partial charge is 0.226 e. The predicted octanol–water partition coefficient (Wildman–Crippen LogP) is 1.66. The van der Waals surface area contributed by atoms with Gasteiger partial charge in [-0.05, 0) is 32.6 Å². The summed E-state index contributed by atoms with van der Waals surface area (Å²) in [5, 5.41) is 7.27. The van der Waals surface area contributed by atoms with Gasteiger partial charge in [-0.2, -0.15) is 0 Å². The Hall–Kier alpha value is -0.880. The van der Waals surface area contributed by atoms with Gasteiger partial charge < -0.3 is 9.80 Å². The van der Waals surface area contributed by atoms with E-state index in [4.69, 9.17) is 12.2 Å². The number of aromatic amines is 1. The van der Waals surface area contributed by atoms with Gasteiger partial charge in [0.15, 0.2) is 4.77 Å². The normalized spacial score (nSPS) is 18.0. The van der Waals surface area contributed by atoms with Crippen LogP contribution in [0.2, 0.25) is 0 Å². The molecule has 1 aliphatic rings. The van der Waals surface area contributed by atoms with E-state index in [1.807, 2.05) is 0 Å². The third-order valence-corrected chi connectivity index (χ3v) is 3.59. The van der Waals surface area contributed by atoms with Crippen molar-refractivity contribution in [3.63, 3.8) is 0 Å². The molecule has 0 aliphatic carbocycles. The van der Waals surface area contributed by atoms with Crippen LogP contribution in [0.4, 0.5) is 5.95 Å². The van der Waals surface area contributed by atoms with E-state index < -0.39 is 0 Å². The van der Waals surface area contributed by atoms with Crippen molar-refractivity contribution in [2.24, 2.45) is 0 Å². The van der Waals surface area contributed by atoms with Crippen molar-refractivity contribution in [2.45, 2.75) is 26.8 Å². The minimum atomic E-state index is 0.348. The lowest BCUT2D eigenvalue weighted by molar-refractivity contribution is 0.268. The highest BCUT2D eigenvalue weighted by atomic mass is 32.1. The molecule has 17 heavy (non-hydrogen) atoms. The molecule has 0 saturated carbocycles. The molecule has 1 N–H and O–H groups in total. The van der Waals surface area contributed by atoms with E-state index in [9.17, 15) is 0 Å². The summed E-state index contributed by atoms with van der Waals surface area (Å²) in [6.07, 6.45) is 0. The molecule has 2 rings (SSSR count). The van der Waals surface area contributed by atoms with Gasteiger partial charge in [0.2, 0.25) is 5.95 Å². The van der Waals surface area contributed by atoms with Crippen LogP contribution in [0.15, 0.2) is 0 Å². The number of H-pyrrole nitrogens is 1. The Balaban J connectivity index is 2.16. The van der Waals surface area contributed by atoms with Gasteiger partial charge in [-0.3, -0.25) is 4.57 Å². The largest absolute Gasteiger partial charge is 0.338 e. The maximum absolute atomic E-state index is 5.27. The molecule has 1 aliphatic heterocycles. The van der Waals surface area contributed by atoms with Crippen LogP contribution in [-0.4, -0.2) is 52.4 Å². The molecule has 1 saturated heterocycles. The highest BCUT2D eigenvalue weighted by molar-refractivity contribution is 7.71. The van der Waals surface area contributed by atoms with Gasteiger partial charge in [0.1, 0.15) is 0 Å². The molecule has 0 unspecified atom stereocenters. The standard InChI is InChI=1S/C11H21N5S/c1-4-14-5-7-15(8-6-14)10-12-13-11(17)16(10)9(2)3/h9H,4-8H2,1-3H3,(H,13,17). The fourth-order valence-corrected chi connectivity index (χ4v) is 2.59. The molecular weight excluding hydrogens is 234 g/mol. The third kappa shape index (κ3) is 2.52. The molecule has 0 spiro atoms. The first-order valence-electron chi connectivity index (χ1n) is 6.27. The number of aromatic nitrogens is 3. The number of likely N-dealkylation sites (N-methyl/N-ethyl adjacent to an activating group) is 1. The molecule has 1 aromatic rings. The van der Waals surface area contributed by atoms with Crippen molar-refractivity contribution < 1.29 is 0 Å². The number of rotatable bonds is 3. The van der Waals surface area contributed by atoms with Crippen LogP contribution in [0.25, 0.3) is 0 Å². The highest BCUT2D eigenvalue weighted by Gasteiger charge is 2.21. The third-order valence-electron chi connectivity index (χ3n) is 3.30. The summed E-state index contributed by atoms with van der Waals surface area (Å²) >= 11 is 5.27. The number of piperazine rings is 1. The second-order valence-corrected chi connectivity index (χ2v) is 5.10. The van der Waals surface area contributed by atoms with Gasteiger partial charge in [0, 0.05) is 32.2 Å². The zero-order valence-electron chi connectivity index (χ0n) is 10.8. The Morgan fingerprint density at radius 1 is 1.29 bits per heavy atom. The van der Waals surface area contributed by atoms with E-state index >= 15 is 0 Å². The maximum atomic E-state index is 5.27. The van der Waals surface area contributed by atoms with Gasteiger partial charge in [-0.15, -0.1) is 5.10 Å². The van der Waals surface area contributed by atoms with Crippen molar-refractivity contribution in [1.82, 2.24) is 19.7 Å². The van der Waals surface area contributed by atoms with E-state index in [2.05, 4.69) is 45.3 Å². The molecule has 0 aromatic carbocycles. The second-order valence-electron chi connectivity index (χ2n) is 4.71. The maximum Gasteiger partial charge on any atom is 0.226 e. The zero-order valence-corrected chi connectivity index (χ0v) is 11.6. The summed E-state index contributed by atoms with van der Waals surface area (Å²) in [7, 11) is 0. The Bertz CT molecular complexity index is 414. The summed E-state index contributed by atoms with van der Waals surface area (Å²) in [5.74, 6) is 0.987. The number of anilines is 1. The summed E-state index contributed by atoms with van der Waals surface area (Å²) in [4.78, 5) is 4.77. The van der Waals surface area contributed by atoms with Gasteiger partial charge in [-0.1, -0.05) is 6.92 Å². The van der Waals surface area contributed by atoms with E-state index in [1.54, 1.807) is 0 Å². The van der Waals surface area contributed by atoms with Crippen LogP contribution in [0.1, 0.15) is 26.8 Å². The number of nitrogens with zero attached hydrogens (tertiary/aromatic N) is 4. The minimum absolute atomic E-state index is 0.348. The summed E-state index contributed by atoms with van der Waals surface area (Å²) in [6, 6.07) is 0.348. The average Bonchev–Trinajstić information content (AvgIpc) is 2.71. The SMILES string of the molecule is CCN1CCN(c2n[nH]c(=S)n2C(C)C)CC1. The highest BCUT2D eigenvalue weighted by Crippen LogP contribution is 2.18. The summed E-state index contributed by atoms with van der Waals surface area (Å²) in [5.41, 5.74) is 0. The molecule has 1 aromatic heterocycles. The molecule has 96 valence electrons. The summed E-state index contributed by atoms with van der Waals surface area (Å²) < 4.78 is 2.81. The molecule has 0 amide bonds. The van der Waals surface area contributed by atoms with E-state index in [-0.39, 0.29) is 0 Å². The van der Waals surface area contributed by atoms with Crippen molar-refractivity contribution in [2.75, 3.05) is 37.6 Å². The molecule has 5 nitrogen and oxygen atoms in total. The minimum Gasteiger partial charge on any atom is -0.338 e. The monoisotopic (exact) mass is 255 g/mol. The van der Waals surface area contributed by atoms with Crippen LogP contribution in [0, 0.1) is 4.77 Å². The number of hydrogen-bond donors (Lipinski definition) is 1. The van der Waals surface area contributed by atoms with Gasteiger partial charge in [0.05, 0.1) is 0 Å². The Labute approximate surface area is 107 Å². The molecule has 0 atom stereocenters. The topological polar surface area (TPSA) is 40.1 Å². The van der Waals surface area contributed by atoms with Crippen LogP contribution in [0.5, 0.6) is 0 Å². The van der Waals surface area contributed by atoms with Gasteiger partial charge in [0.25, 0.3) is 0 Å². The fraction of sp³-hybridized carbons (Fsp3) is 0.818. The molecule has 2 heterocycles. The van der Waals surface area contributed by atoms with Gasteiger partial charge in [-0.25, -0.2) is 5.10 Å². The summed E-state index contributed by atoms with van der Waals surface area (Å²) in [6.45, 7) is 11.9. The molecule has 0 radical (unpaired) electrons. The predicted molar refractivity (Wildman–Crippen MR) is 72.1 cm³/mol. The number of nitrogens with one attached hydrogen (secondary N) is 1. The van der Waals surface area contributed by atoms with E-state index in [1.165, 1.54) is 0 Å². The van der Waals surface area contributed by atoms with Crippen LogP contribution in [-0.2, 0) is 0 Å². The van der Waals surface area contributed by atoms with E-state index in [0.717, 1.165) is 38.7 Å². The van der Waals surface area contributed by atoms with Crippen molar-refractivity contribution in [3.05, 3.63) is 4.77 Å². The molecule has 6 heteroatoms. The van der Waals surface area contributed by atoms with Crippen LogP contribution in [0.3, 0.4) is 0 Å². The Kier molecular flexibility index (Phi) is 3.83. The van der Waals surface area contributed by atoms with Crippen molar-refractivity contribution >= 4 is 18.2 Å². The van der Waals surface area contributed by atoms with Crippen LogP contribution >= 0.6 is 12.2 Å². The second kappa shape index (κ2) is 5.18. The quantitative estimate of drug-likeness (QED) is 0.834. The Morgan fingerprint density at radius 3 is 2.47 bits per heavy atom. The molecular formula is C11H21N5S. The fourth-order valence-electron chi connectivity index (χ4n) is 2.25. The zero-order chi connectivity index (χ0) is 12.4. The van der Waals surface area contributed by atoms with Crippen molar-refractivity contribution in [3.8, 4) is 0 Å². The Morgan fingerprint density at radius 2 is 1.94 bits per heavy atom. The lowest BCUT2D eigenvalue weighted by Crippen LogP contribution is -2.47. The first kappa shape index (κ1) is 12.6. The molecule has 1 fully saturated rings. The van der Waals surface area contributed by atoms with Gasteiger partial charge >= 0.3 is 0 Å². The first-order valence-corrected chi connectivity index (χ1v) is 6.68. The lowest BCUT2D eigenvalue weighted by atomic mass is 10.3. The van der Waals surface area contributed by atoms with Crippen molar-refractivity contribution in [1.29, 1.82) is 0 Å². The lowest BCUT2D eigenvalue weighted by Gasteiger charge is -2.34. The first-order chi connectivity index (χ1) is 8.13. The van der Waals surface area contributed by atoms with E-state index in [0.29, 0.717) is 10.8 Å². The molecule has 0 bridgehead atoms.